The predicted molar refractivity (Wildman–Crippen MR) is 52.3 cm³/mol. The number of carboxylic acids is 1. The summed E-state index contributed by atoms with van der Waals surface area (Å²) in [5.41, 5.74) is 18.9. The Kier molecular flexibility index (Phi) is 10.5. The molecule has 2 amide bonds. The van der Waals surface area contributed by atoms with Crippen LogP contribution >= 0.6 is 0 Å². The van der Waals surface area contributed by atoms with Gasteiger partial charge in [-0.25, -0.2) is 4.79 Å². The molecule has 0 saturated heterocycles. The van der Waals surface area contributed by atoms with Crippen LogP contribution in [0.2, 0.25) is 0 Å². The van der Waals surface area contributed by atoms with Gasteiger partial charge in [0.15, 0.2) is 0 Å². The molecule has 14 heavy (non-hydrogen) atoms. The molecule has 0 spiro atoms. The number of rotatable bonds is 5. The van der Waals surface area contributed by atoms with Gasteiger partial charge in [0.05, 0.1) is 0 Å². The van der Waals surface area contributed by atoms with Gasteiger partial charge in [0.25, 0.3) is 0 Å². The van der Waals surface area contributed by atoms with E-state index in [1.165, 1.54) is 0 Å². The van der Waals surface area contributed by atoms with Gasteiger partial charge < -0.3 is 28.0 Å². The van der Waals surface area contributed by atoms with E-state index >= 15 is 0 Å². The maximum Gasteiger partial charge on any atom is 0.320 e. The van der Waals surface area contributed by atoms with Crippen molar-refractivity contribution in [3.63, 3.8) is 0 Å². The molecule has 0 aliphatic rings. The highest BCUT2D eigenvalue weighted by Crippen LogP contribution is 1.96. The molecule has 0 unspecified atom stereocenters. The molecule has 0 rings (SSSR count). The van der Waals surface area contributed by atoms with Crippen LogP contribution < -0.4 is 22.9 Å². The number of aliphatic carboxylic acids is 1. The highest BCUT2D eigenvalue weighted by atomic mass is 16.4. The highest BCUT2D eigenvalue weighted by Gasteiger charge is 2.09. The second kappa shape index (κ2) is 9.75. The monoisotopic (exact) mass is 206 g/mol. The van der Waals surface area contributed by atoms with Crippen LogP contribution in [-0.4, -0.2) is 29.7 Å². The quantitative estimate of drug-likeness (QED) is 0.347. The molecule has 7 heteroatoms. The number of carbonyl (C=O) groups is 2. The molecule has 0 aromatic rings. The van der Waals surface area contributed by atoms with E-state index in [0.717, 1.165) is 12.8 Å². The normalized spacial score (nSPS) is 11.0. The zero-order valence-electron chi connectivity index (χ0n) is 7.98. The fourth-order valence-corrected chi connectivity index (χ4v) is 0.632. The summed E-state index contributed by atoms with van der Waals surface area (Å²) in [5.74, 6) is -0.933. The van der Waals surface area contributed by atoms with Crippen LogP contribution in [0, 0.1) is 0 Å². The second-order valence-corrected chi connectivity index (χ2v) is 2.63. The van der Waals surface area contributed by atoms with Gasteiger partial charge in [-0.05, 0) is 19.4 Å². The molecule has 0 aliphatic carbocycles. The van der Waals surface area contributed by atoms with Gasteiger partial charge in [-0.1, -0.05) is 6.42 Å². The van der Waals surface area contributed by atoms with Crippen molar-refractivity contribution in [1.29, 1.82) is 0 Å². The molecule has 0 aliphatic heterocycles. The number of unbranched alkanes of at least 4 members (excludes halogenated alkanes) is 1. The third kappa shape index (κ3) is 17.0. The number of hydrogen-bond acceptors (Lipinski definition) is 4. The van der Waals surface area contributed by atoms with Crippen LogP contribution in [-0.2, 0) is 4.79 Å². The van der Waals surface area contributed by atoms with Crippen molar-refractivity contribution in [1.82, 2.24) is 0 Å². The lowest BCUT2D eigenvalue weighted by atomic mass is 10.1. The minimum atomic E-state index is -0.933. The minimum Gasteiger partial charge on any atom is -0.480 e. The van der Waals surface area contributed by atoms with Crippen LogP contribution in [0.3, 0.4) is 0 Å². The van der Waals surface area contributed by atoms with E-state index in [2.05, 4.69) is 11.5 Å². The topological polar surface area (TPSA) is 158 Å². The number of carbonyl (C=O) groups excluding carboxylic acids is 1. The fraction of sp³-hybridized carbons (Fsp3) is 0.714. The summed E-state index contributed by atoms with van der Waals surface area (Å²) >= 11 is 0. The first-order valence-electron chi connectivity index (χ1n) is 4.15. The Morgan fingerprint density at radius 3 is 1.93 bits per heavy atom. The number of urea groups is 1. The molecule has 0 aromatic heterocycles. The summed E-state index contributed by atoms with van der Waals surface area (Å²) in [7, 11) is 0. The SMILES string of the molecule is NC(N)=O.NCCCC[C@H](N)C(=O)O. The Hall–Kier alpha value is -1.34. The van der Waals surface area contributed by atoms with Crippen LogP contribution in [0.25, 0.3) is 0 Å². The molecular formula is C7H18N4O3. The smallest absolute Gasteiger partial charge is 0.320 e. The summed E-state index contributed by atoms with van der Waals surface area (Å²) in [6.07, 6.45) is 2.16. The van der Waals surface area contributed by atoms with E-state index in [-0.39, 0.29) is 0 Å². The molecule has 84 valence electrons. The summed E-state index contributed by atoms with van der Waals surface area (Å²) < 4.78 is 0. The van der Waals surface area contributed by atoms with Gasteiger partial charge in [0.1, 0.15) is 6.04 Å². The van der Waals surface area contributed by atoms with E-state index < -0.39 is 18.0 Å². The Bertz CT molecular complexity index is 170. The zero-order valence-corrected chi connectivity index (χ0v) is 7.98. The molecule has 9 N–H and O–H groups in total. The van der Waals surface area contributed by atoms with Crippen molar-refractivity contribution in [3.8, 4) is 0 Å². The van der Waals surface area contributed by atoms with Crippen molar-refractivity contribution in [2.75, 3.05) is 6.54 Å². The third-order valence-corrected chi connectivity index (χ3v) is 1.29. The van der Waals surface area contributed by atoms with Gasteiger partial charge in [-0.15, -0.1) is 0 Å². The second-order valence-electron chi connectivity index (χ2n) is 2.63. The van der Waals surface area contributed by atoms with Gasteiger partial charge >= 0.3 is 12.0 Å². The van der Waals surface area contributed by atoms with Gasteiger partial charge in [0, 0.05) is 0 Å². The summed E-state index contributed by atoms with van der Waals surface area (Å²) in [5, 5.41) is 8.33. The zero-order chi connectivity index (χ0) is 11.6. The Labute approximate surface area is 82.4 Å². The van der Waals surface area contributed by atoms with E-state index in [1.54, 1.807) is 0 Å². The Balaban J connectivity index is 0. The van der Waals surface area contributed by atoms with E-state index in [1.807, 2.05) is 0 Å². The maximum absolute atomic E-state index is 10.1. The standard InChI is InChI=1S/C6H14N2O2.CH4N2O/c7-4-2-1-3-5(8)6(9)10;2-1(3)4/h5H,1-4,7-8H2,(H,9,10);(H4,2,3,4)/t5-;/m0./s1. The van der Waals surface area contributed by atoms with Crippen LogP contribution in [0.5, 0.6) is 0 Å². The van der Waals surface area contributed by atoms with E-state index in [0.29, 0.717) is 13.0 Å². The molecule has 0 saturated carbocycles. The Morgan fingerprint density at radius 1 is 1.21 bits per heavy atom. The molecule has 7 nitrogen and oxygen atoms in total. The summed E-state index contributed by atoms with van der Waals surface area (Å²) in [4.78, 5) is 19.1. The van der Waals surface area contributed by atoms with E-state index in [4.69, 9.17) is 21.4 Å². The van der Waals surface area contributed by atoms with Crippen molar-refractivity contribution in [2.24, 2.45) is 22.9 Å². The van der Waals surface area contributed by atoms with Crippen molar-refractivity contribution in [2.45, 2.75) is 25.3 Å². The van der Waals surface area contributed by atoms with Crippen molar-refractivity contribution in [3.05, 3.63) is 0 Å². The predicted octanol–water partition coefficient (Wildman–Crippen LogP) is -1.45. The van der Waals surface area contributed by atoms with Crippen LogP contribution in [0.15, 0.2) is 0 Å². The molecule has 0 heterocycles. The van der Waals surface area contributed by atoms with Crippen molar-refractivity contribution >= 4 is 12.0 Å². The molecule has 0 fully saturated rings. The largest absolute Gasteiger partial charge is 0.480 e. The number of primary amides is 2. The third-order valence-electron chi connectivity index (χ3n) is 1.29. The first-order chi connectivity index (χ1) is 6.41. The average molecular weight is 206 g/mol. The van der Waals surface area contributed by atoms with Gasteiger partial charge in [-0.2, -0.15) is 0 Å². The Morgan fingerprint density at radius 2 is 1.64 bits per heavy atom. The summed E-state index contributed by atoms with van der Waals surface area (Å²) in [6, 6.07) is -1.55. The first kappa shape index (κ1) is 15.1. The number of amides is 2. The van der Waals surface area contributed by atoms with Gasteiger partial charge in [0.2, 0.25) is 0 Å². The summed E-state index contributed by atoms with van der Waals surface area (Å²) in [6.45, 7) is 0.604. The average Bonchev–Trinajstić information content (AvgIpc) is 2.03. The lowest BCUT2D eigenvalue weighted by Gasteiger charge is -2.03. The maximum atomic E-state index is 10.1. The number of hydrogen-bond donors (Lipinski definition) is 5. The lowest BCUT2D eigenvalue weighted by molar-refractivity contribution is -0.138. The molecule has 0 radical (unpaired) electrons. The number of nitrogens with two attached hydrogens (primary N) is 4. The fourth-order valence-electron chi connectivity index (χ4n) is 0.632. The molecule has 0 aromatic carbocycles. The minimum absolute atomic E-state index is 0.520. The van der Waals surface area contributed by atoms with Crippen LogP contribution in [0.4, 0.5) is 4.79 Å². The molecular weight excluding hydrogens is 188 g/mol. The lowest BCUT2D eigenvalue weighted by Crippen LogP contribution is -2.29. The number of carboxylic acid groups (broad SMARTS) is 1. The molecule has 0 bridgehead atoms. The van der Waals surface area contributed by atoms with Crippen LogP contribution in [0.1, 0.15) is 19.3 Å². The molecule has 1 atom stereocenters. The van der Waals surface area contributed by atoms with Gasteiger partial charge in [-0.3, -0.25) is 4.79 Å². The first-order valence-corrected chi connectivity index (χ1v) is 4.15. The van der Waals surface area contributed by atoms with E-state index in [9.17, 15) is 4.79 Å². The highest BCUT2D eigenvalue weighted by molar-refractivity contribution is 5.72. The van der Waals surface area contributed by atoms with Crippen molar-refractivity contribution < 1.29 is 14.7 Å².